The Morgan fingerprint density at radius 2 is 2.06 bits per heavy atom. The van der Waals surface area contributed by atoms with Gasteiger partial charge in [0.2, 0.25) is 0 Å². The van der Waals surface area contributed by atoms with Gasteiger partial charge < -0.3 is 19.9 Å². The van der Waals surface area contributed by atoms with Gasteiger partial charge in [-0.3, -0.25) is 0 Å². The van der Waals surface area contributed by atoms with Crippen molar-refractivity contribution in [2.24, 2.45) is 0 Å². The molecule has 0 aromatic heterocycles. The first-order chi connectivity index (χ1) is 8.71. The van der Waals surface area contributed by atoms with Crippen molar-refractivity contribution in [1.82, 2.24) is 5.32 Å². The minimum Gasteiger partial charge on any atom is -0.497 e. The summed E-state index contributed by atoms with van der Waals surface area (Å²) in [6.45, 7) is 3.09. The smallest absolute Gasteiger partial charge is 0.123 e. The van der Waals surface area contributed by atoms with Crippen molar-refractivity contribution in [2.75, 3.05) is 20.8 Å². The largest absolute Gasteiger partial charge is 0.497 e. The van der Waals surface area contributed by atoms with Crippen LogP contribution in [0.3, 0.4) is 0 Å². The summed E-state index contributed by atoms with van der Waals surface area (Å²) in [5, 5.41) is 12.2. The molecular formula is C14H23NO3. The molecule has 102 valence electrons. The lowest BCUT2D eigenvalue weighted by atomic mass is 10.1. The molecule has 0 spiro atoms. The van der Waals surface area contributed by atoms with Crippen LogP contribution in [0.2, 0.25) is 0 Å². The lowest BCUT2D eigenvalue weighted by molar-refractivity contribution is 0.276. The molecule has 0 aliphatic rings. The maximum absolute atomic E-state index is 8.79. The molecule has 0 aliphatic heterocycles. The summed E-state index contributed by atoms with van der Waals surface area (Å²) in [5.74, 6) is 1.69. The van der Waals surface area contributed by atoms with Gasteiger partial charge in [-0.1, -0.05) is 0 Å². The molecule has 0 amide bonds. The van der Waals surface area contributed by atoms with E-state index in [2.05, 4.69) is 12.2 Å². The van der Waals surface area contributed by atoms with Crippen LogP contribution in [-0.4, -0.2) is 32.0 Å². The predicted molar refractivity (Wildman–Crippen MR) is 72.2 cm³/mol. The number of methoxy groups -OCH3 is 2. The van der Waals surface area contributed by atoms with E-state index in [4.69, 9.17) is 14.6 Å². The van der Waals surface area contributed by atoms with E-state index in [-0.39, 0.29) is 6.61 Å². The topological polar surface area (TPSA) is 50.7 Å². The minimum atomic E-state index is 0.245. The van der Waals surface area contributed by atoms with Crippen LogP contribution in [0.25, 0.3) is 0 Å². The first-order valence-electron chi connectivity index (χ1n) is 6.26. The highest BCUT2D eigenvalue weighted by molar-refractivity contribution is 5.40. The summed E-state index contributed by atoms with van der Waals surface area (Å²) in [5.41, 5.74) is 1.08. The summed E-state index contributed by atoms with van der Waals surface area (Å²) in [4.78, 5) is 0. The minimum absolute atomic E-state index is 0.245. The van der Waals surface area contributed by atoms with E-state index in [1.54, 1.807) is 14.2 Å². The van der Waals surface area contributed by atoms with E-state index in [0.29, 0.717) is 6.04 Å². The molecule has 0 saturated carbocycles. The van der Waals surface area contributed by atoms with Crippen LogP contribution in [0.1, 0.15) is 25.3 Å². The first-order valence-corrected chi connectivity index (χ1v) is 6.26. The SMILES string of the molecule is COc1ccc(OC)c(CNC(C)CCCO)c1. The molecule has 4 heteroatoms. The Hall–Kier alpha value is -1.26. The molecule has 1 unspecified atom stereocenters. The third kappa shape index (κ3) is 4.55. The van der Waals surface area contributed by atoms with Gasteiger partial charge in [-0.05, 0) is 38.0 Å². The first kappa shape index (κ1) is 14.8. The summed E-state index contributed by atoms with van der Waals surface area (Å²) in [6.07, 6.45) is 1.78. The van der Waals surface area contributed by atoms with Crippen LogP contribution in [-0.2, 0) is 6.54 Å². The Labute approximate surface area is 109 Å². The lowest BCUT2D eigenvalue weighted by Gasteiger charge is -2.15. The average Bonchev–Trinajstić information content (AvgIpc) is 2.42. The normalized spacial score (nSPS) is 12.2. The highest BCUT2D eigenvalue weighted by Gasteiger charge is 2.07. The van der Waals surface area contributed by atoms with E-state index in [1.807, 2.05) is 18.2 Å². The number of hydrogen-bond donors (Lipinski definition) is 2. The fourth-order valence-electron chi connectivity index (χ4n) is 1.80. The molecule has 1 atom stereocenters. The standard InChI is InChI=1S/C14H23NO3/c1-11(5-4-8-16)15-10-12-9-13(17-2)6-7-14(12)18-3/h6-7,9,11,15-16H,4-5,8,10H2,1-3H3. The number of rotatable bonds is 8. The molecule has 0 saturated heterocycles. The van der Waals surface area contributed by atoms with Crippen molar-refractivity contribution in [3.05, 3.63) is 23.8 Å². The number of benzene rings is 1. The molecule has 1 rings (SSSR count). The second-order valence-electron chi connectivity index (χ2n) is 4.33. The number of nitrogens with one attached hydrogen (secondary N) is 1. The van der Waals surface area contributed by atoms with Gasteiger partial charge in [0.25, 0.3) is 0 Å². The Morgan fingerprint density at radius 3 is 2.67 bits per heavy atom. The zero-order valence-corrected chi connectivity index (χ0v) is 11.4. The van der Waals surface area contributed by atoms with Crippen LogP contribution in [0, 0.1) is 0 Å². The summed E-state index contributed by atoms with van der Waals surface area (Å²) >= 11 is 0. The maximum atomic E-state index is 8.79. The molecule has 0 heterocycles. The molecule has 0 fully saturated rings. The molecule has 2 N–H and O–H groups in total. The number of hydrogen-bond acceptors (Lipinski definition) is 4. The molecule has 0 radical (unpaired) electrons. The second kappa shape index (κ2) is 7.95. The monoisotopic (exact) mass is 253 g/mol. The molecule has 1 aromatic carbocycles. The zero-order chi connectivity index (χ0) is 13.4. The van der Waals surface area contributed by atoms with Crippen LogP contribution in [0.4, 0.5) is 0 Å². The predicted octanol–water partition coefficient (Wildman–Crippen LogP) is 1.95. The van der Waals surface area contributed by atoms with Gasteiger partial charge in [0.05, 0.1) is 14.2 Å². The van der Waals surface area contributed by atoms with Crippen molar-refractivity contribution < 1.29 is 14.6 Å². The van der Waals surface area contributed by atoms with Gasteiger partial charge >= 0.3 is 0 Å². The maximum Gasteiger partial charge on any atom is 0.123 e. The Morgan fingerprint density at radius 1 is 1.28 bits per heavy atom. The highest BCUT2D eigenvalue weighted by atomic mass is 16.5. The zero-order valence-electron chi connectivity index (χ0n) is 11.4. The third-order valence-corrected chi connectivity index (χ3v) is 2.92. The van der Waals surface area contributed by atoms with Crippen molar-refractivity contribution in [1.29, 1.82) is 0 Å². The molecule has 0 bridgehead atoms. The van der Waals surface area contributed by atoms with Gasteiger partial charge in [0.15, 0.2) is 0 Å². The Bertz CT molecular complexity index is 355. The second-order valence-corrected chi connectivity index (χ2v) is 4.33. The quantitative estimate of drug-likeness (QED) is 0.743. The number of aliphatic hydroxyl groups excluding tert-OH is 1. The van der Waals surface area contributed by atoms with Gasteiger partial charge in [-0.15, -0.1) is 0 Å². The van der Waals surface area contributed by atoms with Crippen molar-refractivity contribution in [3.63, 3.8) is 0 Å². The van der Waals surface area contributed by atoms with Gasteiger partial charge in [-0.2, -0.15) is 0 Å². The number of ether oxygens (including phenoxy) is 2. The summed E-state index contributed by atoms with van der Waals surface area (Å²) in [6, 6.07) is 6.14. The summed E-state index contributed by atoms with van der Waals surface area (Å²) < 4.78 is 10.5. The molecule has 0 aliphatic carbocycles. The average molecular weight is 253 g/mol. The van der Waals surface area contributed by atoms with E-state index < -0.39 is 0 Å². The van der Waals surface area contributed by atoms with E-state index >= 15 is 0 Å². The van der Waals surface area contributed by atoms with E-state index in [9.17, 15) is 0 Å². The van der Waals surface area contributed by atoms with Gasteiger partial charge in [-0.25, -0.2) is 0 Å². The van der Waals surface area contributed by atoms with Crippen molar-refractivity contribution >= 4 is 0 Å². The fourth-order valence-corrected chi connectivity index (χ4v) is 1.80. The highest BCUT2D eigenvalue weighted by Crippen LogP contribution is 2.23. The van der Waals surface area contributed by atoms with Crippen LogP contribution in [0.15, 0.2) is 18.2 Å². The lowest BCUT2D eigenvalue weighted by Crippen LogP contribution is -2.25. The van der Waals surface area contributed by atoms with Crippen LogP contribution in [0.5, 0.6) is 11.5 Å². The van der Waals surface area contributed by atoms with E-state index in [1.165, 1.54) is 0 Å². The van der Waals surface area contributed by atoms with Gasteiger partial charge in [0.1, 0.15) is 11.5 Å². The van der Waals surface area contributed by atoms with Crippen molar-refractivity contribution in [2.45, 2.75) is 32.4 Å². The Kier molecular flexibility index (Phi) is 6.54. The van der Waals surface area contributed by atoms with Crippen LogP contribution >= 0.6 is 0 Å². The molecule has 1 aromatic rings. The van der Waals surface area contributed by atoms with E-state index in [0.717, 1.165) is 36.4 Å². The van der Waals surface area contributed by atoms with Crippen molar-refractivity contribution in [3.8, 4) is 11.5 Å². The van der Waals surface area contributed by atoms with Crippen LogP contribution < -0.4 is 14.8 Å². The molecular weight excluding hydrogens is 230 g/mol. The Balaban J connectivity index is 2.59. The molecule has 4 nitrogen and oxygen atoms in total. The molecule has 18 heavy (non-hydrogen) atoms. The number of aliphatic hydroxyl groups is 1. The summed E-state index contributed by atoms with van der Waals surface area (Å²) in [7, 11) is 3.32. The fraction of sp³-hybridized carbons (Fsp3) is 0.571. The van der Waals surface area contributed by atoms with Gasteiger partial charge in [0, 0.05) is 24.8 Å². The third-order valence-electron chi connectivity index (χ3n) is 2.92.